The van der Waals surface area contributed by atoms with Crippen LogP contribution in [0.1, 0.15) is 0 Å². The first-order chi connectivity index (χ1) is 6.36. The number of halogens is 3. The van der Waals surface area contributed by atoms with Crippen molar-refractivity contribution >= 4 is 11.6 Å². The number of allylic oxidation sites excluding steroid dienone is 3. The second kappa shape index (κ2) is 3.28. The van der Waals surface area contributed by atoms with E-state index in [-0.39, 0.29) is 11.8 Å². The van der Waals surface area contributed by atoms with E-state index in [4.69, 9.17) is 0 Å². The lowest BCUT2D eigenvalue weighted by Gasteiger charge is -2.13. The fraction of sp³-hybridized carbons (Fsp3) is 0.250. The Morgan fingerprint density at radius 3 is 2.14 bits per heavy atom. The summed E-state index contributed by atoms with van der Waals surface area (Å²) in [5.74, 6) is -2.61. The van der Waals surface area contributed by atoms with Gasteiger partial charge in [0.25, 0.3) is 0 Å². The zero-order valence-electron chi connectivity index (χ0n) is 7.01. The Morgan fingerprint density at radius 2 is 1.71 bits per heavy atom. The monoisotopic (exact) mass is 206 g/mol. The van der Waals surface area contributed by atoms with Gasteiger partial charge in [-0.05, 0) is 0 Å². The molecule has 3 nitrogen and oxygen atoms in total. The van der Waals surface area contributed by atoms with Crippen LogP contribution in [0.2, 0.25) is 0 Å². The van der Waals surface area contributed by atoms with Crippen molar-refractivity contribution in [3.63, 3.8) is 0 Å². The molecule has 6 heteroatoms. The molecule has 1 rings (SSSR count). The maximum Gasteiger partial charge on any atom is 0.420 e. The van der Waals surface area contributed by atoms with Gasteiger partial charge in [-0.2, -0.15) is 13.2 Å². The number of alkyl halides is 3. The zero-order valence-corrected chi connectivity index (χ0v) is 7.01. The molecule has 0 aromatic heterocycles. The van der Waals surface area contributed by atoms with Crippen LogP contribution in [0.3, 0.4) is 0 Å². The highest BCUT2D eigenvalue weighted by Gasteiger charge is 2.40. The quantitative estimate of drug-likeness (QED) is 0.604. The average molecular weight is 206 g/mol. The third-order valence-corrected chi connectivity index (χ3v) is 1.57. The Hall–Kier alpha value is -1.59. The Morgan fingerprint density at radius 1 is 1.14 bits per heavy atom. The number of ketones is 2. The second-order valence-corrected chi connectivity index (χ2v) is 2.50. The highest BCUT2D eigenvalue weighted by molar-refractivity contribution is 6.19. The molecule has 0 aliphatic heterocycles. The molecule has 0 saturated carbocycles. The van der Waals surface area contributed by atoms with Crippen molar-refractivity contribution in [2.75, 3.05) is 7.11 Å². The maximum atomic E-state index is 12.1. The van der Waals surface area contributed by atoms with E-state index in [0.717, 1.165) is 7.11 Å². The molecule has 1 aliphatic rings. The van der Waals surface area contributed by atoms with E-state index in [1.807, 2.05) is 0 Å². The van der Waals surface area contributed by atoms with Crippen LogP contribution in [0, 0.1) is 0 Å². The molecule has 0 fully saturated rings. The van der Waals surface area contributed by atoms with E-state index in [1.54, 1.807) is 0 Å². The summed E-state index contributed by atoms with van der Waals surface area (Å²) in [5, 5.41) is 0. The molecule has 0 radical (unpaired) electrons. The minimum Gasteiger partial charge on any atom is -0.493 e. The lowest BCUT2D eigenvalue weighted by atomic mass is 10.0. The fourth-order valence-corrected chi connectivity index (χ4v) is 0.922. The van der Waals surface area contributed by atoms with Gasteiger partial charge in [-0.3, -0.25) is 9.59 Å². The summed E-state index contributed by atoms with van der Waals surface area (Å²) in [6.07, 6.45) is -4.03. The Kier molecular flexibility index (Phi) is 2.46. The molecule has 14 heavy (non-hydrogen) atoms. The lowest BCUT2D eigenvalue weighted by Crippen LogP contribution is -2.24. The Balaban J connectivity index is 3.07. The van der Waals surface area contributed by atoms with Crippen molar-refractivity contribution in [2.45, 2.75) is 6.18 Å². The van der Waals surface area contributed by atoms with Crippen LogP contribution in [-0.4, -0.2) is 24.9 Å². The largest absolute Gasteiger partial charge is 0.493 e. The number of carbonyl (C=O) groups excluding carboxylic acids is 2. The first-order valence-corrected chi connectivity index (χ1v) is 3.49. The van der Waals surface area contributed by atoms with Crippen molar-refractivity contribution in [3.8, 4) is 0 Å². The SMILES string of the molecule is COC1=CC(=O)C(C(F)(F)F)=CC1=O. The van der Waals surface area contributed by atoms with Gasteiger partial charge in [0.1, 0.15) is 5.57 Å². The number of methoxy groups -OCH3 is 1. The molecule has 0 unspecified atom stereocenters. The maximum absolute atomic E-state index is 12.1. The summed E-state index contributed by atoms with van der Waals surface area (Å²) in [6.45, 7) is 0. The number of hydrogen-bond acceptors (Lipinski definition) is 3. The van der Waals surface area contributed by atoms with Gasteiger partial charge >= 0.3 is 6.18 Å². The molecule has 76 valence electrons. The van der Waals surface area contributed by atoms with Crippen LogP contribution in [0.15, 0.2) is 23.5 Å². The van der Waals surface area contributed by atoms with Crippen molar-refractivity contribution < 1.29 is 27.5 Å². The minimum absolute atomic E-state index is 0.237. The van der Waals surface area contributed by atoms with Gasteiger partial charge < -0.3 is 4.74 Å². The summed E-state index contributed by atoms with van der Waals surface area (Å²) >= 11 is 0. The van der Waals surface area contributed by atoms with Crippen LogP contribution in [0.5, 0.6) is 0 Å². The molecule has 0 saturated heterocycles. The van der Waals surface area contributed by atoms with Gasteiger partial charge in [0.2, 0.25) is 5.78 Å². The number of rotatable bonds is 1. The highest BCUT2D eigenvalue weighted by atomic mass is 19.4. The summed E-state index contributed by atoms with van der Waals surface area (Å²) in [5.41, 5.74) is -1.47. The molecule has 0 N–H and O–H groups in total. The van der Waals surface area contributed by atoms with Gasteiger partial charge in [0.15, 0.2) is 11.5 Å². The molecule has 0 aromatic carbocycles. The topological polar surface area (TPSA) is 43.4 Å². The van der Waals surface area contributed by atoms with E-state index < -0.39 is 23.3 Å². The van der Waals surface area contributed by atoms with Crippen LogP contribution < -0.4 is 0 Å². The molecule has 1 aliphatic carbocycles. The van der Waals surface area contributed by atoms with Crippen LogP contribution in [0.25, 0.3) is 0 Å². The number of hydrogen-bond donors (Lipinski definition) is 0. The third-order valence-electron chi connectivity index (χ3n) is 1.57. The van der Waals surface area contributed by atoms with E-state index in [1.165, 1.54) is 0 Å². The van der Waals surface area contributed by atoms with Crippen LogP contribution >= 0.6 is 0 Å². The van der Waals surface area contributed by atoms with Crippen molar-refractivity contribution in [3.05, 3.63) is 23.5 Å². The summed E-state index contributed by atoms with van der Waals surface area (Å²) in [4.78, 5) is 21.8. The fourth-order valence-electron chi connectivity index (χ4n) is 0.922. The average Bonchev–Trinajstić information content (AvgIpc) is 2.06. The molecular formula is C8H5F3O3. The molecule has 0 amide bonds. The van der Waals surface area contributed by atoms with Gasteiger partial charge in [0, 0.05) is 12.2 Å². The van der Waals surface area contributed by atoms with Gasteiger partial charge in [-0.1, -0.05) is 0 Å². The molecular weight excluding hydrogens is 201 g/mol. The zero-order chi connectivity index (χ0) is 10.9. The Labute approximate surface area is 76.8 Å². The standard InChI is InChI=1S/C8H5F3O3/c1-14-7-3-5(12)4(2-6(7)13)8(9,10)11/h2-3H,1H3. The first kappa shape index (κ1) is 10.5. The molecule has 0 spiro atoms. The first-order valence-electron chi connectivity index (χ1n) is 3.49. The molecule has 0 bridgehead atoms. The van der Waals surface area contributed by atoms with Crippen molar-refractivity contribution in [2.24, 2.45) is 0 Å². The predicted octanol–water partition coefficient (Wildman–Crippen LogP) is 1.16. The number of carbonyl (C=O) groups is 2. The summed E-state index contributed by atoms with van der Waals surface area (Å²) < 4.78 is 40.7. The van der Waals surface area contributed by atoms with Crippen molar-refractivity contribution in [1.82, 2.24) is 0 Å². The van der Waals surface area contributed by atoms with Gasteiger partial charge in [-0.15, -0.1) is 0 Å². The van der Waals surface area contributed by atoms with Gasteiger partial charge in [-0.25, -0.2) is 0 Å². The third kappa shape index (κ3) is 1.84. The van der Waals surface area contributed by atoms with E-state index in [9.17, 15) is 22.8 Å². The lowest BCUT2D eigenvalue weighted by molar-refractivity contribution is -0.128. The van der Waals surface area contributed by atoms with Crippen LogP contribution in [0.4, 0.5) is 13.2 Å². The predicted molar refractivity (Wildman–Crippen MR) is 39.2 cm³/mol. The molecule has 0 heterocycles. The van der Waals surface area contributed by atoms with Gasteiger partial charge in [0.05, 0.1) is 7.11 Å². The number of ether oxygens (including phenoxy) is 1. The minimum atomic E-state index is -4.80. The normalized spacial score (nSPS) is 17.7. The van der Waals surface area contributed by atoms with E-state index >= 15 is 0 Å². The van der Waals surface area contributed by atoms with Crippen molar-refractivity contribution in [1.29, 1.82) is 0 Å². The highest BCUT2D eigenvalue weighted by Crippen LogP contribution is 2.29. The van der Waals surface area contributed by atoms with E-state index in [2.05, 4.69) is 4.74 Å². The summed E-state index contributed by atoms with van der Waals surface area (Å²) in [7, 11) is 1.10. The van der Waals surface area contributed by atoms with Crippen LogP contribution in [-0.2, 0) is 14.3 Å². The van der Waals surface area contributed by atoms with E-state index in [0.29, 0.717) is 6.08 Å². The second-order valence-electron chi connectivity index (χ2n) is 2.50. The smallest absolute Gasteiger partial charge is 0.420 e. The summed E-state index contributed by atoms with van der Waals surface area (Å²) in [6, 6.07) is 0. The molecule has 0 atom stereocenters. The Bertz CT molecular complexity index is 349. The molecule has 0 aromatic rings.